The Kier molecular flexibility index (Phi) is 6.22. The summed E-state index contributed by atoms with van der Waals surface area (Å²) in [5, 5.41) is 11.8. The standard InChI is InChI=1S/C15H20FNO2/c1-11(2)9-13(10-18)17-15(19)8-7-12-5-3-4-6-14(12)16/h3-8,11,13,18H,9-10H2,1-2H3,(H,17,19)/b8-7+. The average molecular weight is 265 g/mol. The molecule has 1 amide bonds. The Labute approximate surface area is 113 Å². The summed E-state index contributed by atoms with van der Waals surface area (Å²) < 4.78 is 13.3. The lowest BCUT2D eigenvalue weighted by Gasteiger charge is -2.17. The van der Waals surface area contributed by atoms with Crippen LogP contribution in [-0.2, 0) is 4.79 Å². The molecule has 0 aliphatic heterocycles. The number of halogens is 1. The number of rotatable bonds is 6. The van der Waals surface area contributed by atoms with Gasteiger partial charge in [-0.2, -0.15) is 0 Å². The van der Waals surface area contributed by atoms with E-state index < -0.39 is 0 Å². The van der Waals surface area contributed by atoms with Crippen LogP contribution in [-0.4, -0.2) is 23.7 Å². The molecule has 0 aromatic heterocycles. The Morgan fingerprint density at radius 2 is 2.11 bits per heavy atom. The van der Waals surface area contributed by atoms with Gasteiger partial charge in [-0.25, -0.2) is 4.39 Å². The van der Waals surface area contributed by atoms with Crippen LogP contribution in [0.3, 0.4) is 0 Å². The number of benzene rings is 1. The number of carbonyl (C=O) groups is 1. The molecule has 1 atom stereocenters. The number of amides is 1. The predicted octanol–water partition coefficient (Wildman–Crippen LogP) is 2.36. The molecule has 19 heavy (non-hydrogen) atoms. The summed E-state index contributed by atoms with van der Waals surface area (Å²) in [6, 6.07) is 5.97. The molecule has 0 fully saturated rings. The van der Waals surface area contributed by atoms with Crippen LogP contribution in [0.1, 0.15) is 25.8 Å². The van der Waals surface area contributed by atoms with Crippen LogP contribution in [0.25, 0.3) is 6.08 Å². The van der Waals surface area contributed by atoms with Gasteiger partial charge in [-0.15, -0.1) is 0 Å². The second-order valence-corrected chi connectivity index (χ2v) is 4.87. The second-order valence-electron chi connectivity index (χ2n) is 4.87. The molecule has 4 heteroatoms. The van der Waals surface area contributed by atoms with E-state index in [4.69, 9.17) is 5.11 Å². The third-order valence-corrected chi connectivity index (χ3v) is 2.64. The summed E-state index contributed by atoms with van der Waals surface area (Å²) in [5.41, 5.74) is 0.363. The number of aliphatic hydroxyl groups excluding tert-OH is 1. The van der Waals surface area contributed by atoms with E-state index in [0.29, 0.717) is 17.9 Å². The second kappa shape index (κ2) is 7.69. The minimum Gasteiger partial charge on any atom is -0.394 e. The summed E-state index contributed by atoms with van der Waals surface area (Å²) in [5.74, 6) is -0.316. The highest BCUT2D eigenvalue weighted by Crippen LogP contribution is 2.08. The smallest absolute Gasteiger partial charge is 0.244 e. The predicted molar refractivity (Wildman–Crippen MR) is 73.9 cm³/mol. The molecule has 0 aliphatic carbocycles. The van der Waals surface area contributed by atoms with Gasteiger partial charge in [0.05, 0.1) is 12.6 Å². The van der Waals surface area contributed by atoms with E-state index >= 15 is 0 Å². The SMILES string of the molecule is CC(C)CC(CO)NC(=O)/C=C/c1ccccc1F. The molecule has 1 aromatic carbocycles. The van der Waals surface area contributed by atoms with E-state index in [9.17, 15) is 9.18 Å². The van der Waals surface area contributed by atoms with Gasteiger partial charge in [0.25, 0.3) is 0 Å². The highest BCUT2D eigenvalue weighted by Gasteiger charge is 2.11. The van der Waals surface area contributed by atoms with Crippen LogP contribution >= 0.6 is 0 Å². The molecular weight excluding hydrogens is 245 g/mol. The first kappa shape index (κ1) is 15.4. The van der Waals surface area contributed by atoms with E-state index in [2.05, 4.69) is 5.32 Å². The number of nitrogens with one attached hydrogen (secondary N) is 1. The fourth-order valence-electron chi connectivity index (χ4n) is 1.77. The Morgan fingerprint density at radius 1 is 1.42 bits per heavy atom. The fraction of sp³-hybridized carbons (Fsp3) is 0.400. The molecule has 0 aliphatic rings. The lowest BCUT2D eigenvalue weighted by atomic mass is 10.0. The van der Waals surface area contributed by atoms with Crippen LogP contribution in [0.15, 0.2) is 30.3 Å². The van der Waals surface area contributed by atoms with Crippen molar-refractivity contribution in [2.24, 2.45) is 5.92 Å². The molecule has 0 saturated heterocycles. The summed E-state index contributed by atoms with van der Waals surface area (Å²) in [6.07, 6.45) is 3.41. The first-order valence-corrected chi connectivity index (χ1v) is 6.37. The Bertz CT molecular complexity index is 444. The third-order valence-electron chi connectivity index (χ3n) is 2.64. The van der Waals surface area contributed by atoms with E-state index in [-0.39, 0.29) is 24.4 Å². The number of hydrogen-bond acceptors (Lipinski definition) is 2. The van der Waals surface area contributed by atoms with Crippen molar-refractivity contribution < 1.29 is 14.3 Å². The molecule has 0 spiro atoms. The maximum absolute atomic E-state index is 13.3. The van der Waals surface area contributed by atoms with Crippen molar-refractivity contribution in [2.75, 3.05) is 6.61 Å². The molecule has 0 radical (unpaired) electrons. The summed E-state index contributed by atoms with van der Waals surface area (Å²) in [6.45, 7) is 3.94. The zero-order valence-electron chi connectivity index (χ0n) is 11.3. The van der Waals surface area contributed by atoms with E-state index in [0.717, 1.165) is 0 Å². The van der Waals surface area contributed by atoms with Gasteiger partial charge in [0.2, 0.25) is 5.91 Å². The quantitative estimate of drug-likeness (QED) is 0.776. The van der Waals surface area contributed by atoms with Crippen LogP contribution in [0.2, 0.25) is 0 Å². The summed E-state index contributed by atoms with van der Waals surface area (Å²) in [7, 11) is 0. The maximum atomic E-state index is 13.3. The maximum Gasteiger partial charge on any atom is 0.244 e. The van der Waals surface area contributed by atoms with Crippen molar-refractivity contribution in [2.45, 2.75) is 26.3 Å². The van der Waals surface area contributed by atoms with Crippen molar-refractivity contribution in [1.82, 2.24) is 5.32 Å². The van der Waals surface area contributed by atoms with E-state index in [1.54, 1.807) is 18.2 Å². The highest BCUT2D eigenvalue weighted by molar-refractivity contribution is 5.91. The molecular formula is C15H20FNO2. The number of hydrogen-bond donors (Lipinski definition) is 2. The van der Waals surface area contributed by atoms with Gasteiger partial charge in [0.15, 0.2) is 0 Å². The summed E-state index contributed by atoms with van der Waals surface area (Å²) >= 11 is 0. The van der Waals surface area contributed by atoms with E-state index in [1.165, 1.54) is 18.2 Å². The van der Waals surface area contributed by atoms with Crippen LogP contribution in [0.5, 0.6) is 0 Å². The van der Waals surface area contributed by atoms with Crippen molar-refractivity contribution in [3.63, 3.8) is 0 Å². The monoisotopic (exact) mass is 265 g/mol. The molecule has 104 valence electrons. The van der Waals surface area contributed by atoms with Crippen molar-refractivity contribution in [3.8, 4) is 0 Å². The minimum absolute atomic E-state index is 0.0997. The Morgan fingerprint density at radius 3 is 2.68 bits per heavy atom. The highest BCUT2D eigenvalue weighted by atomic mass is 19.1. The molecule has 0 bridgehead atoms. The molecule has 1 unspecified atom stereocenters. The van der Waals surface area contributed by atoms with Gasteiger partial charge in [0.1, 0.15) is 5.82 Å². The number of aliphatic hydroxyl groups is 1. The summed E-state index contributed by atoms with van der Waals surface area (Å²) in [4.78, 5) is 11.6. The van der Waals surface area contributed by atoms with Crippen LogP contribution < -0.4 is 5.32 Å². The first-order chi connectivity index (χ1) is 9.02. The largest absolute Gasteiger partial charge is 0.394 e. The number of carbonyl (C=O) groups excluding carboxylic acids is 1. The normalized spacial score (nSPS) is 12.9. The van der Waals surface area contributed by atoms with Gasteiger partial charge in [-0.1, -0.05) is 32.0 Å². The molecule has 2 N–H and O–H groups in total. The average Bonchev–Trinajstić information content (AvgIpc) is 2.36. The van der Waals surface area contributed by atoms with Crippen LogP contribution in [0.4, 0.5) is 4.39 Å². The van der Waals surface area contributed by atoms with Gasteiger partial charge < -0.3 is 10.4 Å². The molecule has 3 nitrogen and oxygen atoms in total. The molecule has 0 saturated carbocycles. The van der Waals surface area contributed by atoms with Gasteiger partial charge >= 0.3 is 0 Å². The van der Waals surface area contributed by atoms with Crippen LogP contribution in [0, 0.1) is 11.7 Å². The minimum atomic E-state index is -0.368. The third kappa shape index (κ3) is 5.66. The van der Waals surface area contributed by atoms with Crippen molar-refractivity contribution in [3.05, 3.63) is 41.7 Å². The Hall–Kier alpha value is -1.68. The van der Waals surface area contributed by atoms with Gasteiger partial charge in [-0.3, -0.25) is 4.79 Å². The van der Waals surface area contributed by atoms with Crippen molar-refractivity contribution in [1.29, 1.82) is 0 Å². The fourth-order valence-corrected chi connectivity index (χ4v) is 1.77. The Balaban J connectivity index is 2.57. The lowest BCUT2D eigenvalue weighted by Crippen LogP contribution is -2.37. The van der Waals surface area contributed by atoms with Gasteiger partial charge in [-0.05, 0) is 24.5 Å². The molecule has 1 aromatic rings. The van der Waals surface area contributed by atoms with Gasteiger partial charge in [0, 0.05) is 11.6 Å². The topological polar surface area (TPSA) is 49.3 Å². The zero-order valence-corrected chi connectivity index (χ0v) is 11.3. The van der Waals surface area contributed by atoms with E-state index in [1.807, 2.05) is 13.8 Å². The zero-order chi connectivity index (χ0) is 14.3. The first-order valence-electron chi connectivity index (χ1n) is 6.37. The lowest BCUT2D eigenvalue weighted by molar-refractivity contribution is -0.117. The van der Waals surface area contributed by atoms with Crippen molar-refractivity contribution >= 4 is 12.0 Å². The molecule has 0 heterocycles. The molecule has 1 rings (SSSR count).